The first-order valence-electron chi connectivity index (χ1n) is 4.89. The predicted octanol–water partition coefficient (Wildman–Crippen LogP) is 1.99. The quantitative estimate of drug-likeness (QED) is 0.559. The average molecular weight is 206 g/mol. The van der Waals surface area contributed by atoms with E-state index in [2.05, 4.69) is 0 Å². The molecule has 0 aromatic heterocycles. The fraction of sp³-hybridized carbons (Fsp3) is 0.333. The second kappa shape index (κ2) is 5.29. The molecule has 0 N–H and O–H groups in total. The second-order valence-corrected chi connectivity index (χ2v) is 3.24. The Morgan fingerprint density at radius 1 is 1.33 bits per heavy atom. The van der Waals surface area contributed by atoms with Gasteiger partial charge in [-0.25, -0.2) is 0 Å². The molecule has 15 heavy (non-hydrogen) atoms. The molecule has 0 saturated carbocycles. The summed E-state index contributed by atoms with van der Waals surface area (Å²) in [5.41, 5.74) is 1.43. The minimum atomic E-state index is -0.266. The molecular weight excluding hydrogens is 192 g/mol. The van der Waals surface area contributed by atoms with E-state index in [1.807, 2.05) is 6.07 Å². The highest BCUT2D eigenvalue weighted by Crippen LogP contribution is 2.07. The van der Waals surface area contributed by atoms with Crippen molar-refractivity contribution >= 4 is 11.8 Å². The van der Waals surface area contributed by atoms with E-state index in [1.54, 1.807) is 25.1 Å². The van der Waals surface area contributed by atoms with Crippen LogP contribution in [0.3, 0.4) is 0 Å². The molecule has 1 aromatic carbocycles. The summed E-state index contributed by atoms with van der Waals surface area (Å²) in [5, 5.41) is 0. The monoisotopic (exact) mass is 206 g/mol. The van der Waals surface area contributed by atoms with E-state index >= 15 is 0 Å². The van der Waals surface area contributed by atoms with Crippen LogP contribution in [0.2, 0.25) is 0 Å². The zero-order valence-electron chi connectivity index (χ0n) is 8.95. The summed E-state index contributed by atoms with van der Waals surface area (Å²) in [6, 6.07) is 7.03. The Kier molecular flexibility index (Phi) is 4.03. The van der Waals surface area contributed by atoms with Crippen LogP contribution in [0.15, 0.2) is 24.3 Å². The van der Waals surface area contributed by atoms with Gasteiger partial charge in [-0.15, -0.1) is 0 Å². The molecule has 0 aliphatic carbocycles. The number of benzene rings is 1. The summed E-state index contributed by atoms with van der Waals surface area (Å²) >= 11 is 0. The lowest BCUT2D eigenvalue weighted by Gasteiger charge is -2.03. The highest BCUT2D eigenvalue weighted by Gasteiger charge is 2.05. The molecule has 1 rings (SSSR count). The Balaban J connectivity index is 2.73. The Morgan fingerprint density at radius 2 is 2.07 bits per heavy atom. The fourth-order valence-corrected chi connectivity index (χ4v) is 1.28. The first kappa shape index (κ1) is 11.4. The van der Waals surface area contributed by atoms with Crippen molar-refractivity contribution in [1.29, 1.82) is 0 Å². The summed E-state index contributed by atoms with van der Waals surface area (Å²) in [6.07, 6.45) is 0.217. The second-order valence-electron chi connectivity index (χ2n) is 3.24. The molecule has 0 aliphatic rings. The summed E-state index contributed by atoms with van der Waals surface area (Å²) in [5.74, 6) is -0.265. The molecule has 0 atom stereocenters. The van der Waals surface area contributed by atoms with Gasteiger partial charge in [0.05, 0.1) is 13.0 Å². The van der Waals surface area contributed by atoms with E-state index in [9.17, 15) is 9.59 Å². The van der Waals surface area contributed by atoms with Gasteiger partial charge in [-0.2, -0.15) is 0 Å². The van der Waals surface area contributed by atoms with Gasteiger partial charge in [-0.1, -0.05) is 18.2 Å². The lowest BCUT2D eigenvalue weighted by atomic mass is 10.1. The van der Waals surface area contributed by atoms with E-state index in [0.717, 1.165) is 5.56 Å². The van der Waals surface area contributed by atoms with Crippen molar-refractivity contribution < 1.29 is 14.3 Å². The van der Waals surface area contributed by atoms with E-state index in [-0.39, 0.29) is 18.2 Å². The topological polar surface area (TPSA) is 43.4 Å². The van der Waals surface area contributed by atoms with Crippen molar-refractivity contribution in [2.45, 2.75) is 20.3 Å². The van der Waals surface area contributed by atoms with Crippen LogP contribution in [0, 0.1) is 0 Å². The van der Waals surface area contributed by atoms with Crippen LogP contribution < -0.4 is 0 Å². The van der Waals surface area contributed by atoms with Gasteiger partial charge in [0.2, 0.25) is 0 Å². The van der Waals surface area contributed by atoms with Gasteiger partial charge >= 0.3 is 5.97 Å². The molecular formula is C12H14O3. The number of hydrogen-bond donors (Lipinski definition) is 0. The van der Waals surface area contributed by atoms with Crippen LogP contribution in [0.25, 0.3) is 0 Å². The third kappa shape index (κ3) is 3.54. The average Bonchev–Trinajstić information content (AvgIpc) is 2.18. The number of ether oxygens (including phenoxy) is 1. The van der Waals surface area contributed by atoms with Crippen molar-refractivity contribution in [2.24, 2.45) is 0 Å². The number of esters is 1. The molecule has 0 spiro atoms. The number of Topliss-reactive ketones (excluding diaryl/α,β-unsaturated/α-hetero) is 1. The summed E-state index contributed by atoms with van der Waals surface area (Å²) in [6.45, 7) is 3.65. The summed E-state index contributed by atoms with van der Waals surface area (Å²) in [7, 11) is 0. The maximum Gasteiger partial charge on any atom is 0.310 e. The zero-order valence-corrected chi connectivity index (χ0v) is 8.95. The molecule has 0 bridgehead atoms. The minimum absolute atomic E-state index is 0.000656. The SMILES string of the molecule is CCOC(=O)Cc1cccc(C(C)=O)c1. The van der Waals surface area contributed by atoms with Gasteiger partial charge in [0.15, 0.2) is 5.78 Å². The van der Waals surface area contributed by atoms with Crippen LogP contribution in [-0.2, 0) is 16.0 Å². The maximum absolute atomic E-state index is 11.2. The predicted molar refractivity (Wildman–Crippen MR) is 56.8 cm³/mol. The van der Waals surface area contributed by atoms with Gasteiger partial charge in [0, 0.05) is 5.56 Å². The van der Waals surface area contributed by atoms with Gasteiger partial charge in [-0.3, -0.25) is 9.59 Å². The van der Waals surface area contributed by atoms with E-state index in [1.165, 1.54) is 6.92 Å². The van der Waals surface area contributed by atoms with Gasteiger partial charge < -0.3 is 4.74 Å². The highest BCUT2D eigenvalue weighted by atomic mass is 16.5. The third-order valence-corrected chi connectivity index (χ3v) is 1.99. The lowest BCUT2D eigenvalue weighted by Crippen LogP contribution is -2.07. The number of ketones is 1. The Morgan fingerprint density at radius 3 is 2.67 bits per heavy atom. The zero-order chi connectivity index (χ0) is 11.3. The van der Waals surface area contributed by atoms with E-state index in [0.29, 0.717) is 12.2 Å². The Bertz CT molecular complexity index is 369. The molecule has 3 heteroatoms. The highest BCUT2D eigenvalue weighted by molar-refractivity contribution is 5.94. The largest absolute Gasteiger partial charge is 0.466 e. The standard InChI is InChI=1S/C12H14O3/c1-3-15-12(14)8-10-5-4-6-11(7-10)9(2)13/h4-7H,3,8H2,1-2H3. The van der Waals surface area contributed by atoms with Crippen molar-refractivity contribution in [3.63, 3.8) is 0 Å². The molecule has 0 saturated heterocycles. The lowest BCUT2D eigenvalue weighted by molar-refractivity contribution is -0.142. The summed E-state index contributed by atoms with van der Waals surface area (Å²) < 4.78 is 4.82. The van der Waals surface area contributed by atoms with Gasteiger partial charge in [0.1, 0.15) is 0 Å². The first-order chi connectivity index (χ1) is 7.13. The van der Waals surface area contributed by atoms with Crippen LogP contribution in [-0.4, -0.2) is 18.4 Å². The van der Waals surface area contributed by atoms with Gasteiger partial charge in [-0.05, 0) is 25.5 Å². The number of carbonyl (C=O) groups is 2. The van der Waals surface area contributed by atoms with Crippen LogP contribution in [0.1, 0.15) is 29.8 Å². The van der Waals surface area contributed by atoms with Crippen molar-refractivity contribution in [3.8, 4) is 0 Å². The molecule has 0 aliphatic heterocycles. The van der Waals surface area contributed by atoms with Crippen molar-refractivity contribution in [2.75, 3.05) is 6.61 Å². The molecule has 3 nitrogen and oxygen atoms in total. The summed E-state index contributed by atoms with van der Waals surface area (Å²) in [4.78, 5) is 22.3. The van der Waals surface area contributed by atoms with Crippen molar-refractivity contribution in [1.82, 2.24) is 0 Å². The van der Waals surface area contributed by atoms with E-state index in [4.69, 9.17) is 4.74 Å². The number of hydrogen-bond acceptors (Lipinski definition) is 3. The number of carbonyl (C=O) groups excluding carboxylic acids is 2. The smallest absolute Gasteiger partial charge is 0.310 e. The van der Waals surface area contributed by atoms with E-state index < -0.39 is 0 Å². The van der Waals surface area contributed by atoms with Crippen LogP contribution in [0.4, 0.5) is 0 Å². The molecule has 80 valence electrons. The molecule has 0 heterocycles. The fourth-order valence-electron chi connectivity index (χ4n) is 1.28. The third-order valence-electron chi connectivity index (χ3n) is 1.99. The maximum atomic E-state index is 11.2. The molecule has 1 aromatic rings. The first-order valence-corrected chi connectivity index (χ1v) is 4.89. The molecule has 0 radical (unpaired) electrons. The van der Waals surface area contributed by atoms with Crippen LogP contribution >= 0.6 is 0 Å². The van der Waals surface area contributed by atoms with Crippen molar-refractivity contribution in [3.05, 3.63) is 35.4 Å². The number of rotatable bonds is 4. The Hall–Kier alpha value is -1.64. The normalized spacial score (nSPS) is 9.73. The molecule has 0 unspecified atom stereocenters. The molecule has 0 amide bonds. The van der Waals surface area contributed by atoms with Gasteiger partial charge in [0.25, 0.3) is 0 Å². The molecule has 0 fully saturated rings. The van der Waals surface area contributed by atoms with Crippen LogP contribution in [0.5, 0.6) is 0 Å². The minimum Gasteiger partial charge on any atom is -0.466 e. The Labute approximate surface area is 89.1 Å².